The number of methoxy groups -OCH3 is 2. The number of para-hydroxylation sites is 2. The number of aryl methyl sites for hydroxylation is 1. The van der Waals surface area contributed by atoms with E-state index in [9.17, 15) is 4.79 Å². The second-order valence-electron chi connectivity index (χ2n) is 9.65. The third kappa shape index (κ3) is 6.10. The van der Waals surface area contributed by atoms with E-state index in [-0.39, 0.29) is 5.97 Å². The number of nitrogens with zero attached hydrogens (tertiary/aromatic N) is 3. The number of carbonyl (C=O) groups is 1. The summed E-state index contributed by atoms with van der Waals surface area (Å²) in [7, 11) is 3.23. The van der Waals surface area contributed by atoms with Crippen molar-refractivity contribution < 1.29 is 14.3 Å². The average Bonchev–Trinajstić information content (AvgIpc) is 2.89. The highest BCUT2D eigenvalue weighted by Crippen LogP contribution is 2.31. The molecule has 2 atom stereocenters. The first kappa shape index (κ1) is 24.6. The number of ether oxygens (including phenoxy) is 2. The summed E-state index contributed by atoms with van der Waals surface area (Å²) in [5.74, 6) is 1.31. The Morgan fingerprint density at radius 3 is 2.41 bits per heavy atom. The molecule has 0 N–H and O–H groups in total. The van der Waals surface area contributed by atoms with Crippen LogP contribution in [-0.2, 0) is 16.1 Å². The van der Waals surface area contributed by atoms with E-state index in [2.05, 4.69) is 58.0 Å². The van der Waals surface area contributed by atoms with Crippen LogP contribution in [-0.4, -0.2) is 75.3 Å². The number of rotatable bonds is 8. The molecule has 2 aliphatic rings. The Balaban J connectivity index is 1.39. The minimum atomic E-state index is -0.101. The normalized spacial score (nSPS) is 21.9. The molecule has 0 unspecified atom stereocenters. The molecule has 2 aliphatic heterocycles. The first-order chi connectivity index (χ1) is 16.6. The first-order valence-corrected chi connectivity index (χ1v) is 12.5. The van der Waals surface area contributed by atoms with Crippen molar-refractivity contribution in [1.29, 1.82) is 0 Å². The predicted octanol–water partition coefficient (Wildman–Crippen LogP) is 3.97. The third-order valence-electron chi connectivity index (χ3n) is 7.46. The van der Waals surface area contributed by atoms with Gasteiger partial charge in [0, 0.05) is 51.7 Å². The summed E-state index contributed by atoms with van der Waals surface area (Å²) in [6.07, 6.45) is 2.53. The van der Waals surface area contributed by atoms with Crippen molar-refractivity contribution in [3.05, 3.63) is 59.7 Å². The van der Waals surface area contributed by atoms with Gasteiger partial charge in [0.2, 0.25) is 0 Å². The zero-order valence-electron chi connectivity index (χ0n) is 20.9. The molecule has 2 saturated heterocycles. The number of hydrogen-bond donors (Lipinski definition) is 0. The van der Waals surface area contributed by atoms with E-state index in [0.717, 1.165) is 64.4 Å². The summed E-state index contributed by atoms with van der Waals surface area (Å²) in [6.45, 7) is 9.30. The Morgan fingerprint density at radius 1 is 0.971 bits per heavy atom. The summed E-state index contributed by atoms with van der Waals surface area (Å²) in [6, 6.07) is 17.7. The van der Waals surface area contributed by atoms with E-state index >= 15 is 0 Å². The third-order valence-corrected chi connectivity index (χ3v) is 7.46. The molecule has 0 saturated carbocycles. The SMILES string of the molecule is COC(=O)CC[C@H]1CN(Cc2ccc(C)cc2)CC[C@H]1N1CCN(c2ccccc2OC)CC1. The Labute approximate surface area is 204 Å². The minimum Gasteiger partial charge on any atom is -0.495 e. The van der Waals surface area contributed by atoms with E-state index in [1.807, 2.05) is 12.1 Å². The van der Waals surface area contributed by atoms with Crippen LogP contribution in [0.5, 0.6) is 5.75 Å². The molecule has 34 heavy (non-hydrogen) atoms. The molecule has 184 valence electrons. The van der Waals surface area contributed by atoms with Gasteiger partial charge < -0.3 is 14.4 Å². The van der Waals surface area contributed by atoms with Crippen LogP contribution in [0.1, 0.15) is 30.4 Å². The van der Waals surface area contributed by atoms with Crippen molar-refractivity contribution in [2.24, 2.45) is 5.92 Å². The fraction of sp³-hybridized carbons (Fsp3) is 0.536. The molecule has 0 radical (unpaired) electrons. The zero-order valence-corrected chi connectivity index (χ0v) is 20.9. The largest absolute Gasteiger partial charge is 0.495 e. The topological polar surface area (TPSA) is 45.2 Å². The fourth-order valence-electron chi connectivity index (χ4n) is 5.55. The van der Waals surface area contributed by atoms with E-state index in [0.29, 0.717) is 18.4 Å². The van der Waals surface area contributed by atoms with Gasteiger partial charge in [-0.25, -0.2) is 0 Å². The molecular formula is C28H39N3O3. The Bertz CT molecular complexity index is 925. The van der Waals surface area contributed by atoms with Crippen LogP contribution in [0.15, 0.2) is 48.5 Å². The quantitative estimate of drug-likeness (QED) is 0.550. The molecule has 0 amide bonds. The molecular weight excluding hydrogens is 426 g/mol. The van der Waals surface area contributed by atoms with Gasteiger partial charge in [-0.1, -0.05) is 42.0 Å². The average molecular weight is 466 g/mol. The highest BCUT2D eigenvalue weighted by atomic mass is 16.5. The van der Waals surface area contributed by atoms with Crippen LogP contribution in [0.4, 0.5) is 5.69 Å². The van der Waals surface area contributed by atoms with Crippen molar-refractivity contribution >= 4 is 11.7 Å². The Hall–Kier alpha value is -2.57. The first-order valence-electron chi connectivity index (χ1n) is 12.5. The van der Waals surface area contributed by atoms with Crippen molar-refractivity contribution in [3.8, 4) is 5.75 Å². The van der Waals surface area contributed by atoms with Gasteiger partial charge in [-0.05, 0) is 49.9 Å². The lowest BCUT2D eigenvalue weighted by atomic mass is 9.86. The van der Waals surface area contributed by atoms with E-state index < -0.39 is 0 Å². The Kier molecular flexibility index (Phi) is 8.46. The van der Waals surface area contributed by atoms with Gasteiger partial charge in [-0.15, -0.1) is 0 Å². The molecule has 2 aromatic rings. The second-order valence-corrected chi connectivity index (χ2v) is 9.65. The van der Waals surface area contributed by atoms with Crippen molar-refractivity contribution in [1.82, 2.24) is 9.80 Å². The number of anilines is 1. The van der Waals surface area contributed by atoms with Crippen LogP contribution < -0.4 is 9.64 Å². The molecule has 2 heterocycles. The van der Waals surface area contributed by atoms with Gasteiger partial charge in [0.15, 0.2) is 0 Å². The predicted molar refractivity (Wildman–Crippen MR) is 136 cm³/mol. The number of benzene rings is 2. The lowest BCUT2D eigenvalue weighted by molar-refractivity contribution is -0.141. The molecule has 6 heteroatoms. The molecule has 0 aromatic heterocycles. The fourth-order valence-corrected chi connectivity index (χ4v) is 5.55. The molecule has 4 rings (SSSR count). The number of likely N-dealkylation sites (tertiary alicyclic amines) is 1. The van der Waals surface area contributed by atoms with Crippen LogP contribution in [0, 0.1) is 12.8 Å². The number of piperidine rings is 1. The van der Waals surface area contributed by atoms with Crippen LogP contribution >= 0.6 is 0 Å². The lowest BCUT2D eigenvalue weighted by Crippen LogP contribution is -2.56. The van der Waals surface area contributed by atoms with Crippen molar-refractivity contribution in [2.75, 3.05) is 58.4 Å². The van der Waals surface area contributed by atoms with Crippen LogP contribution in [0.25, 0.3) is 0 Å². The molecule has 0 aliphatic carbocycles. The second kappa shape index (κ2) is 11.7. The minimum absolute atomic E-state index is 0.101. The number of esters is 1. The van der Waals surface area contributed by atoms with Crippen molar-refractivity contribution in [3.63, 3.8) is 0 Å². The summed E-state index contributed by atoms with van der Waals surface area (Å²) >= 11 is 0. The lowest BCUT2D eigenvalue weighted by Gasteiger charge is -2.47. The molecule has 0 bridgehead atoms. The summed E-state index contributed by atoms with van der Waals surface area (Å²) in [5, 5.41) is 0. The van der Waals surface area contributed by atoms with Crippen molar-refractivity contribution in [2.45, 2.75) is 38.8 Å². The maximum Gasteiger partial charge on any atom is 0.305 e. The molecule has 2 aromatic carbocycles. The Morgan fingerprint density at radius 2 is 1.71 bits per heavy atom. The summed E-state index contributed by atoms with van der Waals surface area (Å²) in [4.78, 5) is 19.6. The zero-order chi connectivity index (χ0) is 23.9. The monoisotopic (exact) mass is 465 g/mol. The van der Waals surface area contributed by atoms with E-state index in [1.165, 1.54) is 23.9 Å². The van der Waals surface area contributed by atoms with Crippen LogP contribution in [0.2, 0.25) is 0 Å². The van der Waals surface area contributed by atoms with E-state index in [4.69, 9.17) is 9.47 Å². The maximum absolute atomic E-state index is 11.9. The van der Waals surface area contributed by atoms with Gasteiger partial charge in [-0.3, -0.25) is 14.6 Å². The smallest absolute Gasteiger partial charge is 0.305 e. The summed E-state index contributed by atoms with van der Waals surface area (Å²) < 4.78 is 10.5. The van der Waals surface area contributed by atoms with Gasteiger partial charge in [-0.2, -0.15) is 0 Å². The van der Waals surface area contributed by atoms with Gasteiger partial charge >= 0.3 is 5.97 Å². The van der Waals surface area contributed by atoms with Crippen LogP contribution in [0.3, 0.4) is 0 Å². The van der Waals surface area contributed by atoms with Gasteiger partial charge in [0.05, 0.1) is 19.9 Å². The maximum atomic E-state index is 11.9. The van der Waals surface area contributed by atoms with Gasteiger partial charge in [0.1, 0.15) is 5.75 Å². The number of hydrogen-bond acceptors (Lipinski definition) is 6. The number of carbonyl (C=O) groups excluding carboxylic acids is 1. The highest BCUT2D eigenvalue weighted by Gasteiger charge is 2.35. The highest BCUT2D eigenvalue weighted by molar-refractivity contribution is 5.69. The molecule has 6 nitrogen and oxygen atoms in total. The number of piperazine rings is 1. The summed E-state index contributed by atoms with van der Waals surface area (Å²) in [5.41, 5.74) is 3.84. The molecule has 2 fully saturated rings. The van der Waals surface area contributed by atoms with E-state index in [1.54, 1.807) is 7.11 Å². The molecule has 0 spiro atoms. The standard InChI is InChI=1S/C28H39N3O3/c1-22-8-10-23(11-9-22)20-29-15-14-25(24(21-29)12-13-28(32)34-3)30-16-18-31(19-17-30)26-6-4-5-7-27(26)33-2/h4-11,24-25H,12-21H2,1-3H3/t24-,25+/m0/s1. The van der Waals surface area contributed by atoms with Gasteiger partial charge in [0.25, 0.3) is 0 Å².